The lowest BCUT2D eigenvalue weighted by Crippen LogP contribution is -2.38. The van der Waals surface area contributed by atoms with E-state index >= 15 is 0 Å². The quantitative estimate of drug-likeness (QED) is 0.850. The maximum atomic E-state index is 12.4. The second kappa shape index (κ2) is 6.06. The molecule has 0 aliphatic carbocycles. The highest BCUT2D eigenvalue weighted by Crippen LogP contribution is 2.27. The van der Waals surface area contributed by atoms with Crippen LogP contribution in [0.4, 0.5) is 0 Å². The molecule has 1 heterocycles. The largest absolute Gasteiger partial charge is 0.243 e. The molecule has 4 heteroatoms. The number of sulfonamides is 1. The Balaban J connectivity index is 2.01. The van der Waals surface area contributed by atoms with Gasteiger partial charge >= 0.3 is 0 Å². The second-order valence-corrected chi connectivity index (χ2v) is 7.73. The van der Waals surface area contributed by atoms with E-state index in [1.165, 1.54) is 6.42 Å². The molecular weight excluding hydrogens is 258 g/mol. The maximum Gasteiger partial charge on any atom is 0.243 e. The molecular formula is C15H23NO2S. The first-order valence-electron chi connectivity index (χ1n) is 7.05. The lowest BCUT2D eigenvalue weighted by molar-refractivity contribution is 0.246. The van der Waals surface area contributed by atoms with Gasteiger partial charge < -0.3 is 0 Å². The lowest BCUT2D eigenvalue weighted by Gasteiger charge is -2.31. The molecule has 106 valence electrons. The van der Waals surface area contributed by atoms with Crippen LogP contribution in [0.2, 0.25) is 0 Å². The van der Waals surface area contributed by atoms with Crippen molar-refractivity contribution in [2.75, 3.05) is 13.1 Å². The molecule has 0 N–H and O–H groups in total. The number of piperidine rings is 1. The van der Waals surface area contributed by atoms with Crippen LogP contribution in [0.1, 0.15) is 33.1 Å². The minimum Gasteiger partial charge on any atom is -0.207 e. The molecule has 0 bridgehead atoms. The van der Waals surface area contributed by atoms with Crippen molar-refractivity contribution >= 4 is 10.0 Å². The third kappa shape index (κ3) is 3.57. The number of benzene rings is 1. The van der Waals surface area contributed by atoms with Gasteiger partial charge in [-0.25, -0.2) is 8.42 Å². The van der Waals surface area contributed by atoms with Gasteiger partial charge in [-0.1, -0.05) is 32.0 Å². The van der Waals surface area contributed by atoms with Crippen molar-refractivity contribution < 1.29 is 8.42 Å². The van der Waals surface area contributed by atoms with E-state index in [1.807, 2.05) is 6.07 Å². The predicted octanol–water partition coefficient (Wildman–Crippen LogP) is 3.13. The van der Waals surface area contributed by atoms with Crippen LogP contribution >= 0.6 is 0 Å². The number of hydrogen-bond acceptors (Lipinski definition) is 2. The van der Waals surface area contributed by atoms with Crippen molar-refractivity contribution in [1.29, 1.82) is 0 Å². The van der Waals surface area contributed by atoms with Crippen LogP contribution in [0.5, 0.6) is 0 Å². The van der Waals surface area contributed by atoms with Gasteiger partial charge in [0.2, 0.25) is 10.0 Å². The molecule has 2 rings (SSSR count). The minimum absolute atomic E-state index is 0.414. The zero-order chi connectivity index (χ0) is 13.9. The van der Waals surface area contributed by atoms with Crippen molar-refractivity contribution in [3.8, 4) is 0 Å². The zero-order valence-corrected chi connectivity index (χ0v) is 12.6. The molecule has 1 aliphatic rings. The highest BCUT2D eigenvalue weighted by Gasteiger charge is 2.29. The van der Waals surface area contributed by atoms with Gasteiger partial charge in [0.25, 0.3) is 0 Å². The first-order valence-corrected chi connectivity index (χ1v) is 8.49. The minimum atomic E-state index is -3.28. The Hall–Kier alpha value is -0.870. The van der Waals surface area contributed by atoms with Gasteiger partial charge in [0.1, 0.15) is 0 Å². The van der Waals surface area contributed by atoms with E-state index in [0.717, 1.165) is 12.8 Å². The van der Waals surface area contributed by atoms with Gasteiger partial charge in [-0.2, -0.15) is 4.31 Å². The van der Waals surface area contributed by atoms with E-state index in [2.05, 4.69) is 13.8 Å². The van der Waals surface area contributed by atoms with Crippen LogP contribution in [-0.2, 0) is 10.0 Å². The molecule has 0 unspecified atom stereocenters. The van der Waals surface area contributed by atoms with Crippen molar-refractivity contribution in [2.24, 2.45) is 11.8 Å². The molecule has 1 fully saturated rings. The fourth-order valence-electron chi connectivity index (χ4n) is 2.79. The summed E-state index contributed by atoms with van der Waals surface area (Å²) in [6, 6.07) is 8.75. The van der Waals surface area contributed by atoms with Crippen LogP contribution in [0.15, 0.2) is 35.2 Å². The van der Waals surface area contributed by atoms with Gasteiger partial charge in [0.05, 0.1) is 4.90 Å². The normalized spacial score (nSPS) is 18.9. The third-order valence-electron chi connectivity index (χ3n) is 3.76. The van der Waals surface area contributed by atoms with Gasteiger partial charge in [-0.15, -0.1) is 0 Å². The van der Waals surface area contributed by atoms with Crippen LogP contribution in [0, 0.1) is 11.8 Å². The van der Waals surface area contributed by atoms with Crippen LogP contribution in [0.25, 0.3) is 0 Å². The lowest BCUT2D eigenvalue weighted by atomic mass is 9.89. The summed E-state index contributed by atoms with van der Waals surface area (Å²) in [6.07, 6.45) is 3.19. The van der Waals surface area contributed by atoms with Gasteiger partial charge in [0, 0.05) is 13.1 Å². The SMILES string of the molecule is CC(C)CC1CCN(S(=O)(=O)c2ccccc2)CC1. The molecule has 0 atom stereocenters. The Morgan fingerprint density at radius 2 is 1.74 bits per heavy atom. The topological polar surface area (TPSA) is 37.4 Å². The van der Waals surface area contributed by atoms with Gasteiger partial charge in [-0.3, -0.25) is 0 Å². The molecule has 0 saturated carbocycles. The zero-order valence-electron chi connectivity index (χ0n) is 11.7. The van der Waals surface area contributed by atoms with E-state index in [0.29, 0.717) is 29.8 Å². The predicted molar refractivity (Wildman–Crippen MR) is 77.4 cm³/mol. The summed E-state index contributed by atoms with van der Waals surface area (Å²) in [5, 5.41) is 0. The Bertz CT molecular complexity index is 488. The van der Waals surface area contributed by atoms with E-state index in [9.17, 15) is 8.42 Å². The summed E-state index contributed by atoms with van der Waals surface area (Å²) in [4.78, 5) is 0.414. The molecule has 3 nitrogen and oxygen atoms in total. The Morgan fingerprint density at radius 3 is 2.26 bits per heavy atom. The average molecular weight is 281 g/mol. The monoisotopic (exact) mass is 281 g/mol. The van der Waals surface area contributed by atoms with E-state index in [1.54, 1.807) is 28.6 Å². The first kappa shape index (κ1) is 14.5. The van der Waals surface area contributed by atoms with Gasteiger partial charge in [0.15, 0.2) is 0 Å². The van der Waals surface area contributed by atoms with Crippen molar-refractivity contribution in [3.63, 3.8) is 0 Å². The highest BCUT2D eigenvalue weighted by molar-refractivity contribution is 7.89. The molecule has 19 heavy (non-hydrogen) atoms. The number of nitrogens with zero attached hydrogens (tertiary/aromatic N) is 1. The molecule has 0 spiro atoms. The molecule has 1 saturated heterocycles. The second-order valence-electron chi connectivity index (χ2n) is 5.79. The summed E-state index contributed by atoms with van der Waals surface area (Å²) < 4.78 is 26.5. The van der Waals surface area contributed by atoms with Crippen molar-refractivity contribution in [2.45, 2.75) is 38.0 Å². The maximum absolute atomic E-state index is 12.4. The standard InChI is InChI=1S/C15H23NO2S/c1-13(2)12-14-8-10-16(11-9-14)19(17,18)15-6-4-3-5-7-15/h3-7,13-14H,8-12H2,1-2H3. The first-order chi connectivity index (χ1) is 9.00. The Morgan fingerprint density at radius 1 is 1.16 bits per heavy atom. The van der Waals surface area contributed by atoms with Crippen molar-refractivity contribution in [3.05, 3.63) is 30.3 Å². The van der Waals surface area contributed by atoms with E-state index in [-0.39, 0.29) is 0 Å². The molecule has 0 amide bonds. The van der Waals surface area contributed by atoms with E-state index in [4.69, 9.17) is 0 Å². The molecule has 1 aliphatic heterocycles. The number of rotatable bonds is 4. The molecule has 0 aromatic heterocycles. The Kier molecular flexibility index (Phi) is 4.63. The van der Waals surface area contributed by atoms with Crippen LogP contribution in [0.3, 0.4) is 0 Å². The fraction of sp³-hybridized carbons (Fsp3) is 0.600. The molecule has 0 radical (unpaired) electrons. The van der Waals surface area contributed by atoms with E-state index < -0.39 is 10.0 Å². The number of hydrogen-bond donors (Lipinski definition) is 0. The van der Waals surface area contributed by atoms with Gasteiger partial charge in [-0.05, 0) is 43.2 Å². The van der Waals surface area contributed by atoms with Crippen molar-refractivity contribution in [1.82, 2.24) is 4.31 Å². The molecule has 1 aromatic rings. The Labute approximate surface area is 116 Å². The van der Waals surface area contributed by atoms with Crippen LogP contribution in [-0.4, -0.2) is 25.8 Å². The highest BCUT2D eigenvalue weighted by atomic mass is 32.2. The van der Waals surface area contributed by atoms with Crippen LogP contribution < -0.4 is 0 Å². The smallest absolute Gasteiger partial charge is 0.207 e. The summed E-state index contributed by atoms with van der Waals surface area (Å²) in [5.41, 5.74) is 0. The molecule has 1 aromatic carbocycles. The summed E-state index contributed by atoms with van der Waals surface area (Å²) >= 11 is 0. The summed E-state index contributed by atoms with van der Waals surface area (Å²) in [5.74, 6) is 1.38. The average Bonchev–Trinajstić information content (AvgIpc) is 2.40. The third-order valence-corrected chi connectivity index (χ3v) is 5.67. The summed E-state index contributed by atoms with van der Waals surface area (Å²) in [6.45, 7) is 5.78. The summed E-state index contributed by atoms with van der Waals surface area (Å²) in [7, 11) is -3.28. The fourth-order valence-corrected chi connectivity index (χ4v) is 4.28.